The molecule has 3 atom stereocenters. The van der Waals surface area contributed by atoms with Gasteiger partial charge in [-0.2, -0.15) is 0 Å². The normalized spacial score (nSPS) is 40.6. The second-order valence-corrected chi connectivity index (χ2v) is 8.58. The van der Waals surface area contributed by atoms with E-state index in [9.17, 15) is 14.4 Å². The van der Waals surface area contributed by atoms with Crippen molar-refractivity contribution in [2.75, 3.05) is 6.54 Å². The van der Waals surface area contributed by atoms with E-state index in [1.165, 1.54) is 0 Å². The number of hydrogen-bond donors (Lipinski definition) is 1. The molecule has 2 fully saturated rings. The number of carbonyl (C=O) groups excluding carboxylic acids is 3. The molecule has 0 radical (unpaired) electrons. The number of nitrogens with one attached hydrogen (secondary N) is 1. The summed E-state index contributed by atoms with van der Waals surface area (Å²) < 4.78 is 0.525. The molecule has 0 bridgehead atoms. The van der Waals surface area contributed by atoms with Crippen LogP contribution >= 0.6 is 22.6 Å². The zero-order valence-corrected chi connectivity index (χ0v) is 15.5. The number of hydrogen-bond acceptors (Lipinski definition) is 3. The van der Waals surface area contributed by atoms with Crippen LogP contribution in [0.5, 0.6) is 0 Å². The molecule has 1 spiro atoms. The molecule has 0 aromatic carbocycles. The molecule has 1 aliphatic carbocycles. The average molecular weight is 416 g/mol. The van der Waals surface area contributed by atoms with E-state index >= 15 is 0 Å². The van der Waals surface area contributed by atoms with Crippen LogP contribution in [0.25, 0.3) is 0 Å². The predicted molar refractivity (Wildman–Crippen MR) is 90.3 cm³/mol. The van der Waals surface area contributed by atoms with Gasteiger partial charge in [0.2, 0.25) is 5.91 Å². The lowest BCUT2D eigenvalue weighted by molar-refractivity contribution is -0.162. The van der Waals surface area contributed by atoms with Gasteiger partial charge in [-0.15, -0.1) is 0 Å². The van der Waals surface area contributed by atoms with Crippen molar-refractivity contribution in [3.63, 3.8) is 0 Å². The van der Waals surface area contributed by atoms with Gasteiger partial charge in [0, 0.05) is 17.9 Å². The quantitative estimate of drug-likeness (QED) is 0.613. The maximum absolute atomic E-state index is 13.2. The van der Waals surface area contributed by atoms with Crippen LogP contribution in [0.3, 0.4) is 0 Å². The van der Waals surface area contributed by atoms with Crippen molar-refractivity contribution in [1.82, 2.24) is 10.2 Å². The zero-order chi connectivity index (χ0) is 16.5. The Hall–Kier alpha value is -0.920. The van der Waals surface area contributed by atoms with Gasteiger partial charge >= 0.3 is 0 Å². The Morgan fingerprint density at radius 3 is 2.55 bits per heavy atom. The van der Waals surface area contributed by atoms with Crippen LogP contribution < -0.4 is 5.32 Å². The lowest BCUT2D eigenvalue weighted by Crippen LogP contribution is -2.76. The highest BCUT2D eigenvalue weighted by molar-refractivity contribution is 14.1. The third-order valence-electron chi connectivity index (χ3n) is 5.97. The highest BCUT2D eigenvalue weighted by atomic mass is 127. The van der Waals surface area contributed by atoms with Crippen molar-refractivity contribution in [1.29, 1.82) is 0 Å². The van der Waals surface area contributed by atoms with Gasteiger partial charge in [0.05, 0.1) is 3.58 Å². The van der Waals surface area contributed by atoms with Crippen LogP contribution in [-0.2, 0) is 14.4 Å². The Bertz CT molecular complexity index is 627. The zero-order valence-electron chi connectivity index (χ0n) is 13.3. The number of nitrogens with zero attached hydrogens (tertiary/aromatic N) is 1. The molecule has 22 heavy (non-hydrogen) atoms. The molecule has 2 aliphatic heterocycles. The Kier molecular flexibility index (Phi) is 3.30. The van der Waals surface area contributed by atoms with E-state index in [2.05, 4.69) is 5.32 Å². The van der Waals surface area contributed by atoms with Crippen molar-refractivity contribution in [2.45, 2.75) is 51.6 Å². The fraction of sp³-hybridized carbons (Fsp3) is 0.688. The molecule has 6 heteroatoms. The first-order chi connectivity index (χ1) is 10.1. The molecule has 1 N–H and O–H groups in total. The Morgan fingerprint density at radius 2 is 1.91 bits per heavy atom. The van der Waals surface area contributed by atoms with Crippen molar-refractivity contribution >= 4 is 40.2 Å². The van der Waals surface area contributed by atoms with Crippen molar-refractivity contribution in [3.05, 3.63) is 9.66 Å². The predicted octanol–water partition coefficient (Wildman–Crippen LogP) is 1.80. The maximum Gasteiger partial charge on any atom is 0.253 e. The molecule has 2 saturated heterocycles. The first-order valence-corrected chi connectivity index (χ1v) is 8.73. The molecular weight excluding hydrogens is 395 g/mol. The maximum atomic E-state index is 13.2. The number of rotatable bonds is 0. The van der Waals surface area contributed by atoms with E-state index in [-0.39, 0.29) is 23.5 Å². The molecule has 2 heterocycles. The molecule has 3 aliphatic rings. The van der Waals surface area contributed by atoms with Gasteiger partial charge in [-0.1, -0.05) is 20.8 Å². The SMILES string of the molecule is CC1C(C)(C)C(=O)C(I)=CC12NC(=O)C1(C)CCCN1C2=O. The summed E-state index contributed by atoms with van der Waals surface area (Å²) in [5.74, 6) is -0.452. The van der Waals surface area contributed by atoms with Crippen LogP contribution in [0.1, 0.15) is 40.5 Å². The molecule has 5 nitrogen and oxygen atoms in total. The molecular formula is C16H21IN2O3. The second kappa shape index (κ2) is 4.55. The van der Waals surface area contributed by atoms with E-state index in [0.29, 0.717) is 16.5 Å². The van der Waals surface area contributed by atoms with Gasteiger partial charge in [0.25, 0.3) is 5.91 Å². The summed E-state index contributed by atoms with van der Waals surface area (Å²) in [5.41, 5.74) is -2.54. The first kappa shape index (κ1) is 16.0. The van der Waals surface area contributed by atoms with E-state index in [1.54, 1.807) is 11.0 Å². The van der Waals surface area contributed by atoms with Gasteiger partial charge in [0.15, 0.2) is 5.78 Å². The standard InChI is InChI=1S/C16H21IN2O3/c1-9-14(2,3)11(20)10(17)8-16(9)13(22)19-7-5-6-15(19,4)12(21)18-16/h8-9H,5-7H2,1-4H3,(H,18,21). The minimum absolute atomic E-state index is 0.0306. The van der Waals surface area contributed by atoms with Crippen molar-refractivity contribution in [3.8, 4) is 0 Å². The van der Waals surface area contributed by atoms with Gasteiger partial charge in [-0.05, 0) is 48.4 Å². The fourth-order valence-corrected chi connectivity index (χ4v) is 5.17. The molecule has 0 aromatic rings. The molecule has 3 unspecified atom stereocenters. The van der Waals surface area contributed by atoms with Crippen LogP contribution in [0, 0.1) is 11.3 Å². The van der Waals surface area contributed by atoms with Gasteiger partial charge in [-0.25, -0.2) is 0 Å². The summed E-state index contributed by atoms with van der Waals surface area (Å²) in [6, 6.07) is 0. The number of halogens is 1. The summed E-state index contributed by atoms with van der Waals surface area (Å²) in [7, 11) is 0. The molecule has 120 valence electrons. The van der Waals surface area contributed by atoms with Gasteiger partial charge < -0.3 is 10.2 Å². The van der Waals surface area contributed by atoms with Crippen LogP contribution in [-0.4, -0.2) is 40.1 Å². The highest BCUT2D eigenvalue weighted by Gasteiger charge is 2.63. The Labute approximate surface area is 144 Å². The summed E-state index contributed by atoms with van der Waals surface area (Å²) >= 11 is 1.98. The van der Waals surface area contributed by atoms with Crippen molar-refractivity contribution in [2.24, 2.45) is 11.3 Å². The largest absolute Gasteiger partial charge is 0.336 e. The second-order valence-electron chi connectivity index (χ2n) is 7.42. The van der Waals surface area contributed by atoms with Gasteiger partial charge in [-0.3, -0.25) is 14.4 Å². The van der Waals surface area contributed by atoms with E-state index in [0.717, 1.165) is 6.42 Å². The summed E-state index contributed by atoms with van der Waals surface area (Å²) in [6.07, 6.45) is 3.20. The highest BCUT2D eigenvalue weighted by Crippen LogP contribution is 2.48. The molecule has 3 rings (SSSR count). The number of allylic oxidation sites excluding steroid dienone is 1. The summed E-state index contributed by atoms with van der Waals surface area (Å²) in [6.45, 7) is 8.03. The van der Waals surface area contributed by atoms with Crippen LogP contribution in [0.4, 0.5) is 0 Å². The summed E-state index contributed by atoms with van der Waals surface area (Å²) in [5, 5.41) is 2.99. The molecule has 2 amide bonds. The number of Topliss-reactive ketones (excluding diaryl/α,β-unsaturated/α-hetero) is 1. The lowest BCUT2D eigenvalue weighted by atomic mass is 9.61. The van der Waals surface area contributed by atoms with E-state index in [4.69, 9.17) is 0 Å². The molecule has 0 aromatic heterocycles. The van der Waals surface area contributed by atoms with Gasteiger partial charge in [0.1, 0.15) is 11.1 Å². The Morgan fingerprint density at radius 1 is 1.27 bits per heavy atom. The number of piperazine rings is 1. The average Bonchev–Trinajstić information content (AvgIpc) is 2.85. The third-order valence-corrected chi connectivity index (χ3v) is 6.77. The van der Waals surface area contributed by atoms with Crippen molar-refractivity contribution < 1.29 is 14.4 Å². The first-order valence-electron chi connectivity index (χ1n) is 7.65. The third kappa shape index (κ3) is 1.73. The smallest absolute Gasteiger partial charge is 0.253 e. The van der Waals surface area contributed by atoms with Crippen LogP contribution in [0.15, 0.2) is 9.66 Å². The Balaban J connectivity index is 2.16. The summed E-state index contributed by atoms with van der Waals surface area (Å²) in [4.78, 5) is 40.1. The number of carbonyl (C=O) groups is 3. The topological polar surface area (TPSA) is 66.5 Å². The number of fused-ring (bicyclic) bond motifs is 1. The van der Waals surface area contributed by atoms with Crippen LogP contribution in [0.2, 0.25) is 0 Å². The van der Waals surface area contributed by atoms with E-state index in [1.807, 2.05) is 50.3 Å². The minimum Gasteiger partial charge on any atom is -0.336 e. The number of amides is 2. The lowest BCUT2D eigenvalue weighted by Gasteiger charge is -2.53. The minimum atomic E-state index is -1.10. The molecule has 0 saturated carbocycles. The van der Waals surface area contributed by atoms with E-state index < -0.39 is 16.5 Å². The monoisotopic (exact) mass is 416 g/mol. The fourth-order valence-electron chi connectivity index (χ4n) is 3.98. The number of ketones is 1.